The topological polar surface area (TPSA) is 68.3 Å². The number of aromatic nitrogens is 5. The van der Waals surface area contributed by atoms with Gasteiger partial charge in [-0.3, -0.25) is 14.1 Å². The number of halogens is 3. The van der Waals surface area contributed by atoms with Gasteiger partial charge in [0.05, 0.1) is 16.5 Å². The number of nitrogens with zero attached hydrogens (tertiary/aromatic N) is 6. The van der Waals surface area contributed by atoms with Gasteiger partial charge in [0.1, 0.15) is 12.2 Å². The van der Waals surface area contributed by atoms with E-state index in [1.165, 1.54) is 12.4 Å². The van der Waals surface area contributed by atoms with Gasteiger partial charge in [-0.05, 0) is 79.8 Å². The van der Waals surface area contributed by atoms with Crippen molar-refractivity contribution in [3.63, 3.8) is 0 Å². The van der Waals surface area contributed by atoms with Gasteiger partial charge in [-0.15, -0.1) is 10.2 Å². The van der Waals surface area contributed by atoms with Crippen molar-refractivity contribution in [3.05, 3.63) is 81.9 Å². The fourth-order valence-electron chi connectivity index (χ4n) is 6.72. The molecular formula is C31H35F3N6O. The number of pyridine rings is 1. The first-order valence-corrected chi connectivity index (χ1v) is 14.3. The molecule has 1 unspecified atom stereocenters. The number of benzene rings is 1. The molecule has 0 spiro atoms. The third kappa shape index (κ3) is 4.96. The van der Waals surface area contributed by atoms with E-state index in [0.717, 1.165) is 67.0 Å². The lowest BCUT2D eigenvalue weighted by atomic mass is 9.62. The van der Waals surface area contributed by atoms with Gasteiger partial charge in [0.2, 0.25) is 0 Å². The molecule has 4 heterocycles. The Morgan fingerprint density at radius 3 is 2.56 bits per heavy atom. The first-order valence-electron chi connectivity index (χ1n) is 14.3. The maximum atomic E-state index is 14.2. The van der Waals surface area contributed by atoms with E-state index in [4.69, 9.17) is 0 Å². The lowest BCUT2D eigenvalue weighted by Crippen LogP contribution is -2.39. The van der Waals surface area contributed by atoms with Gasteiger partial charge in [-0.1, -0.05) is 31.5 Å². The van der Waals surface area contributed by atoms with Crippen molar-refractivity contribution in [1.82, 2.24) is 29.0 Å². The maximum Gasteiger partial charge on any atom is 0.419 e. The van der Waals surface area contributed by atoms with E-state index in [1.54, 1.807) is 6.33 Å². The van der Waals surface area contributed by atoms with E-state index in [0.29, 0.717) is 29.5 Å². The molecule has 1 saturated heterocycles. The Kier molecular flexibility index (Phi) is 7.00. The highest BCUT2D eigenvalue weighted by atomic mass is 19.4. The highest BCUT2D eigenvalue weighted by molar-refractivity contribution is 5.65. The SMILES string of the molecule is C[C@H]1CCCN(Cc2cc(C(F)(F)F)c3ncc(-c4cccc(C(C)(c5nncn5C)C5CCC5)c4)c(=O)n3c2)C1. The van der Waals surface area contributed by atoms with E-state index in [1.807, 2.05) is 35.9 Å². The van der Waals surface area contributed by atoms with Crippen molar-refractivity contribution < 1.29 is 13.2 Å². The third-order valence-corrected chi connectivity index (χ3v) is 9.18. The molecule has 1 aromatic carbocycles. The molecule has 10 heteroatoms. The number of aryl methyl sites for hydroxylation is 1. The number of fused-ring (bicyclic) bond motifs is 1. The molecule has 1 aliphatic heterocycles. The van der Waals surface area contributed by atoms with Crippen molar-refractivity contribution in [1.29, 1.82) is 0 Å². The minimum atomic E-state index is -4.64. The van der Waals surface area contributed by atoms with Crippen LogP contribution >= 0.6 is 0 Å². The molecule has 0 radical (unpaired) electrons. The quantitative estimate of drug-likeness (QED) is 0.294. The molecule has 0 bridgehead atoms. The van der Waals surface area contributed by atoms with Crippen LogP contribution in [0.5, 0.6) is 0 Å². The minimum absolute atomic E-state index is 0.259. The van der Waals surface area contributed by atoms with Crippen LogP contribution in [0.3, 0.4) is 0 Å². The zero-order chi connectivity index (χ0) is 28.9. The largest absolute Gasteiger partial charge is 0.419 e. The summed E-state index contributed by atoms with van der Waals surface area (Å²) in [6, 6.07) is 8.84. The van der Waals surface area contributed by atoms with Crippen molar-refractivity contribution in [3.8, 4) is 11.1 Å². The Bertz CT molecular complexity index is 1640. The average molecular weight is 565 g/mol. The number of hydrogen-bond acceptors (Lipinski definition) is 5. The number of alkyl halides is 3. The van der Waals surface area contributed by atoms with E-state index in [9.17, 15) is 18.0 Å². The van der Waals surface area contributed by atoms with E-state index in [2.05, 4.69) is 33.9 Å². The van der Waals surface area contributed by atoms with Gasteiger partial charge < -0.3 is 4.57 Å². The summed E-state index contributed by atoms with van der Waals surface area (Å²) in [7, 11) is 1.93. The first-order chi connectivity index (χ1) is 19.6. The molecule has 41 heavy (non-hydrogen) atoms. The standard InChI is InChI=1S/C31H35F3N6O/c1-20-7-6-12-39(16-20)17-21-13-26(31(32,33)34)27-35-15-25(28(41)40(27)18-21)22-8-4-11-24(14-22)30(2,23-9-5-10-23)29-37-36-19-38(29)3/h4,8,11,13-15,18-20,23H,5-7,9-10,12,16-17H2,1-3H3/t20-,30?/m0/s1. The highest BCUT2D eigenvalue weighted by Gasteiger charge is 2.44. The lowest BCUT2D eigenvalue weighted by molar-refractivity contribution is -0.136. The van der Waals surface area contributed by atoms with Gasteiger partial charge in [0.25, 0.3) is 5.56 Å². The van der Waals surface area contributed by atoms with Gasteiger partial charge in [-0.2, -0.15) is 13.2 Å². The lowest BCUT2D eigenvalue weighted by Gasteiger charge is -2.42. The van der Waals surface area contributed by atoms with E-state index >= 15 is 0 Å². The Balaban J connectivity index is 1.45. The van der Waals surface area contributed by atoms with E-state index in [-0.39, 0.29) is 11.2 Å². The van der Waals surface area contributed by atoms with Gasteiger partial charge in [-0.25, -0.2) is 4.98 Å². The van der Waals surface area contributed by atoms with Crippen molar-refractivity contribution >= 4 is 5.65 Å². The first kappa shape index (κ1) is 27.6. The molecule has 6 rings (SSSR count). The van der Waals surface area contributed by atoms with Crippen LogP contribution in [0.1, 0.15) is 68.5 Å². The molecule has 1 aliphatic carbocycles. The summed E-state index contributed by atoms with van der Waals surface area (Å²) in [5.74, 6) is 1.70. The second-order valence-corrected chi connectivity index (χ2v) is 12.1. The summed E-state index contributed by atoms with van der Waals surface area (Å²) in [6.45, 7) is 6.32. The third-order valence-electron chi connectivity index (χ3n) is 9.18. The number of piperidine rings is 1. The van der Waals surface area contributed by atoms with Crippen molar-refractivity contribution in [2.24, 2.45) is 18.9 Å². The van der Waals surface area contributed by atoms with Gasteiger partial charge >= 0.3 is 6.18 Å². The van der Waals surface area contributed by atoms with Crippen LogP contribution in [-0.4, -0.2) is 42.1 Å². The number of likely N-dealkylation sites (tertiary alicyclic amines) is 1. The predicted octanol–water partition coefficient (Wildman–Crippen LogP) is 5.85. The zero-order valence-corrected chi connectivity index (χ0v) is 23.7. The zero-order valence-electron chi connectivity index (χ0n) is 23.7. The Morgan fingerprint density at radius 2 is 1.90 bits per heavy atom. The fourth-order valence-corrected chi connectivity index (χ4v) is 6.72. The summed E-state index contributed by atoms with van der Waals surface area (Å²) in [6.07, 6.45) is 5.26. The molecule has 4 aromatic rings. The van der Waals surface area contributed by atoms with Crippen LogP contribution in [0.15, 0.2) is 53.8 Å². The summed E-state index contributed by atoms with van der Waals surface area (Å²) < 4.78 is 45.5. The molecule has 0 amide bonds. The van der Waals surface area contributed by atoms with Crippen LogP contribution < -0.4 is 5.56 Å². The Labute approximate surface area is 237 Å². The number of rotatable bonds is 6. The van der Waals surface area contributed by atoms with Crippen LogP contribution in [0, 0.1) is 11.8 Å². The van der Waals surface area contributed by atoms with Crippen molar-refractivity contribution in [2.75, 3.05) is 13.1 Å². The maximum absolute atomic E-state index is 14.2. The molecule has 7 nitrogen and oxygen atoms in total. The Morgan fingerprint density at radius 1 is 1.10 bits per heavy atom. The molecule has 3 aromatic heterocycles. The predicted molar refractivity (Wildman–Crippen MR) is 150 cm³/mol. The molecule has 2 fully saturated rings. The molecule has 0 N–H and O–H groups in total. The second-order valence-electron chi connectivity index (χ2n) is 12.1. The molecular weight excluding hydrogens is 529 g/mol. The second kappa shape index (κ2) is 10.4. The van der Waals surface area contributed by atoms with Crippen LogP contribution in [0.25, 0.3) is 16.8 Å². The molecule has 2 aliphatic rings. The van der Waals surface area contributed by atoms with E-state index < -0.39 is 22.7 Å². The summed E-state index contributed by atoms with van der Waals surface area (Å²) in [5.41, 5.74) is 0.102. The van der Waals surface area contributed by atoms with Gasteiger partial charge in [0.15, 0.2) is 5.65 Å². The average Bonchev–Trinajstić information content (AvgIpc) is 3.34. The van der Waals surface area contributed by atoms with Gasteiger partial charge in [0, 0.05) is 32.5 Å². The smallest absolute Gasteiger partial charge is 0.320 e. The Hall–Kier alpha value is -3.53. The normalized spacial score (nSPS) is 20.2. The van der Waals surface area contributed by atoms with Crippen LogP contribution in [-0.2, 0) is 25.2 Å². The van der Waals surface area contributed by atoms with Crippen LogP contribution in [0.2, 0.25) is 0 Å². The molecule has 216 valence electrons. The number of hydrogen-bond donors (Lipinski definition) is 0. The molecule has 2 atom stereocenters. The monoisotopic (exact) mass is 564 g/mol. The molecule has 1 saturated carbocycles. The van der Waals surface area contributed by atoms with Crippen LogP contribution in [0.4, 0.5) is 13.2 Å². The fraction of sp³-hybridized carbons (Fsp3) is 0.484. The minimum Gasteiger partial charge on any atom is -0.320 e. The summed E-state index contributed by atoms with van der Waals surface area (Å²) in [5, 5.41) is 8.57. The van der Waals surface area contributed by atoms with Crippen molar-refractivity contribution in [2.45, 2.75) is 64.1 Å². The highest BCUT2D eigenvalue weighted by Crippen LogP contribution is 2.48. The summed E-state index contributed by atoms with van der Waals surface area (Å²) >= 11 is 0. The summed E-state index contributed by atoms with van der Waals surface area (Å²) in [4.78, 5) is 20.2.